The maximum absolute atomic E-state index is 5.82. The number of allylic oxidation sites excluding steroid dienone is 2. The van der Waals surface area contributed by atoms with Gasteiger partial charge in [0.15, 0.2) is 0 Å². The fraction of sp³-hybridized carbons (Fsp3) is 0.429. The van der Waals surface area contributed by atoms with E-state index < -0.39 is 0 Å². The zero-order valence-corrected chi connectivity index (χ0v) is 6.40. The maximum atomic E-state index is 5.82. The summed E-state index contributed by atoms with van der Waals surface area (Å²) in [7, 11) is 0. The summed E-state index contributed by atoms with van der Waals surface area (Å²) in [6, 6.07) is 0.574. The van der Waals surface area contributed by atoms with E-state index >= 15 is 0 Å². The number of fused-ring (bicyclic) bond motifs is 1. The van der Waals surface area contributed by atoms with E-state index in [-0.39, 0.29) is 6.04 Å². The first-order valence-corrected chi connectivity index (χ1v) is 4.36. The summed E-state index contributed by atoms with van der Waals surface area (Å²) in [5.41, 5.74) is 5.82. The second-order valence-electron chi connectivity index (χ2n) is 2.50. The molecule has 2 atom stereocenters. The van der Waals surface area contributed by atoms with E-state index in [4.69, 9.17) is 5.73 Å². The fourth-order valence-electron chi connectivity index (χ4n) is 1.27. The molecule has 2 aliphatic rings. The summed E-state index contributed by atoms with van der Waals surface area (Å²) in [5.74, 6) is 1.01. The van der Waals surface area contributed by atoms with Crippen molar-refractivity contribution >= 4 is 11.8 Å². The molecule has 0 saturated carbocycles. The molecule has 3 heteroatoms. The van der Waals surface area contributed by atoms with Crippen molar-refractivity contribution in [2.45, 2.75) is 12.1 Å². The highest BCUT2D eigenvalue weighted by Crippen LogP contribution is 2.29. The lowest BCUT2D eigenvalue weighted by atomic mass is 10.0. The molecule has 10 heavy (non-hydrogen) atoms. The third-order valence-corrected chi connectivity index (χ3v) is 2.86. The summed E-state index contributed by atoms with van der Waals surface area (Å²) in [5, 5.41) is 3.33. The topological polar surface area (TPSA) is 38.0 Å². The molecule has 2 unspecified atom stereocenters. The highest BCUT2D eigenvalue weighted by atomic mass is 32.2. The monoisotopic (exact) mass is 154 g/mol. The number of nitrogens with two attached hydrogens (primary N) is 1. The Hall–Kier alpha value is -0.250. The van der Waals surface area contributed by atoms with Gasteiger partial charge in [0.25, 0.3) is 0 Å². The lowest BCUT2D eigenvalue weighted by molar-refractivity contribution is 0.596. The van der Waals surface area contributed by atoms with Gasteiger partial charge < -0.3 is 5.73 Å². The third-order valence-electron chi connectivity index (χ3n) is 1.83. The first kappa shape index (κ1) is 6.46. The molecule has 2 nitrogen and oxygen atoms in total. The number of hydrogen-bond donors (Lipinski definition) is 2. The molecular formula is C7H10N2S. The van der Waals surface area contributed by atoms with Crippen molar-refractivity contribution in [2.24, 2.45) is 5.73 Å². The van der Waals surface area contributed by atoms with Gasteiger partial charge in [-0.3, -0.25) is 5.32 Å². The molecule has 0 radical (unpaired) electrons. The van der Waals surface area contributed by atoms with Crippen LogP contribution in [0.3, 0.4) is 0 Å². The average Bonchev–Trinajstić information content (AvgIpc) is 2.36. The normalized spacial score (nSPS) is 37.5. The molecular weight excluding hydrogens is 144 g/mol. The Labute approximate surface area is 64.6 Å². The second-order valence-corrected chi connectivity index (χ2v) is 3.55. The minimum Gasteiger partial charge on any atom is -0.323 e. The van der Waals surface area contributed by atoms with Gasteiger partial charge in [0, 0.05) is 16.8 Å². The van der Waals surface area contributed by atoms with E-state index in [1.165, 1.54) is 4.91 Å². The molecule has 3 N–H and O–H groups in total. The maximum Gasteiger partial charge on any atom is 0.0577 e. The fourth-order valence-corrected chi connectivity index (χ4v) is 2.30. The Morgan fingerprint density at radius 3 is 3.40 bits per heavy atom. The van der Waals surface area contributed by atoms with E-state index in [1.54, 1.807) is 0 Å². The molecule has 1 aliphatic heterocycles. The molecule has 1 heterocycles. The smallest absolute Gasteiger partial charge is 0.0577 e. The Morgan fingerprint density at radius 2 is 2.60 bits per heavy atom. The van der Waals surface area contributed by atoms with Crippen LogP contribution in [0.15, 0.2) is 23.1 Å². The van der Waals surface area contributed by atoms with Crippen LogP contribution in [0, 0.1) is 0 Å². The largest absolute Gasteiger partial charge is 0.323 e. The minimum absolute atomic E-state index is 0.176. The van der Waals surface area contributed by atoms with Crippen molar-refractivity contribution in [3.63, 3.8) is 0 Å². The number of thioether (sulfide) groups is 1. The molecule has 54 valence electrons. The van der Waals surface area contributed by atoms with Crippen LogP contribution in [0.25, 0.3) is 0 Å². The zero-order valence-electron chi connectivity index (χ0n) is 5.58. The Kier molecular flexibility index (Phi) is 1.56. The number of rotatable bonds is 0. The highest BCUT2D eigenvalue weighted by molar-refractivity contribution is 8.03. The summed E-state index contributed by atoms with van der Waals surface area (Å²) in [4.78, 5) is 1.38. The molecule has 0 bridgehead atoms. The number of nitrogens with one attached hydrogen (secondary N) is 1. The minimum atomic E-state index is 0.176. The lowest BCUT2D eigenvalue weighted by Gasteiger charge is -2.19. The van der Waals surface area contributed by atoms with E-state index in [0.29, 0.717) is 6.04 Å². The predicted octanol–water partition coefficient (Wildman–Crippen LogP) is 0.430. The van der Waals surface area contributed by atoms with Crippen LogP contribution in [-0.4, -0.2) is 18.0 Å². The van der Waals surface area contributed by atoms with Crippen LogP contribution in [0.2, 0.25) is 0 Å². The SMILES string of the molecule is NC1C=CC=C2SCNC21. The van der Waals surface area contributed by atoms with Gasteiger partial charge in [-0.15, -0.1) is 11.8 Å². The van der Waals surface area contributed by atoms with Gasteiger partial charge in [-0.05, 0) is 0 Å². The van der Waals surface area contributed by atoms with E-state index in [0.717, 1.165) is 5.88 Å². The van der Waals surface area contributed by atoms with Gasteiger partial charge in [-0.2, -0.15) is 0 Å². The van der Waals surface area contributed by atoms with Crippen molar-refractivity contribution in [1.82, 2.24) is 5.32 Å². The predicted molar refractivity (Wildman–Crippen MR) is 44.6 cm³/mol. The van der Waals surface area contributed by atoms with Crippen LogP contribution in [0.1, 0.15) is 0 Å². The molecule has 0 aromatic rings. The van der Waals surface area contributed by atoms with Gasteiger partial charge in [-0.1, -0.05) is 18.2 Å². The zero-order chi connectivity index (χ0) is 6.97. The molecule has 1 fully saturated rings. The third kappa shape index (κ3) is 0.905. The van der Waals surface area contributed by atoms with Crippen LogP contribution in [0.4, 0.5) is 0 Å². The molecule has 0 aromatic carbocycles. The van der Waals surface area contributed by atoms with Crippen molar-refractivity contribution in [2.75, 3.05) is 5.88 Å². The molecule has 0 aromatic heterocycles. The van der Waals surface area contributed by atoms with Crippen LogP contribution >= 0.6 is 11.8 Å². The molecule has 2 rings (SSSR count). The second kappa shape index (κ2) is 2.42. The van der Waals surface area contributed by atoms with E-state index in [1.807, 2.05) is 23.9 Å². The van der Waals surface area contributed by atoms with Gasteiger partial charge >= 0.3 is 0 Å². The van der Waals surface area contributed by atoms with Crippen molar-refractivity contribution in [3.05, 3.63) is 23.1 Å². The van der Waals surface area contributed by atoms with Crippen LogP contribution < -0.4 is 11.1 Å². The first-order chi connectivity index (χ1) is 4.88. The Bertz CT molecular complexity index is 198. The summed E-state index contributed by atoms with van der Waals surface area (Å²) >= 11 is 1.85. The van der Waals surface area contributed by atoms with Gasteiger partial charge in [0.2, 0.25) is 0 Å². The number of hydrogen-bond acceptors (Lipinski definition) is 3. The summed E-state index contributed by atoms with van der Waals surface area (Å²) in [6.07, 6.45) is 6.21. The van der Waals surface area contributed by atoms with Crippen molar-refractivity contribution < 1.29 is 0 Å². The summed E-state index contributed by atoms with van der Waals surface area (Å²) in [6.45, 7) is 0. The summed E-state index contributed by atoms with van der Waals surface area (Å²) < 4.78 is 0. The van der Waals surface area contributed by atoms with Gasteiger partial charge in [-0.25, -0.2) is 0 Å². The molecule has 0 amide bonds. The average molecular weight is 154 g/mol. The van der Waals surface area contributed by atoms with Crippen LogP contribution in [0.5, 0.6) is 0 Å². The Balaban J connectivity index is 2.25. The van der Waals surface area contributed by atoms with Gasteiger partial charge in [0.1, 0.15) is 0 Å². The first-order valence-electron chi connectivity index (χ1n) is 3.38. The standard InChI is InChI=1S/C7H10N2S/c8-5-2-1-3-6-7(5)9-4-10-6/h1-3,5,7,9H,4,8H2. The highest BCUT2D eigenvalue weighted by Gasteiger charge is 2.26. The molecule has 0 spiro atoms. The van der Waals surface area contributed by atoms with Gasteiger partial charge in [0.05, 0.1) is 6.04 Å². The molecule has 1 aliphatic carbocycles. The lowest BCUT2D eigenvalue weighted by Crippen LogP contribution is -2.41. The molecule has 1 saturated heterocycles. The van der Waals surface area contributed by atoms with Crippen molar-refractivity contribution in [3.8, 4) is 0 Å². The van der Waals surface area contributed by atoms with Crippen molar-refractivity contribution in [1.29, 1.82) is 0 Å². The van der Waals surface area contributed by atoms with Crippen LogP contribution in [-0.2, 0) is 0 Å². The quantitative estimate of drug-likeness (QED) is 0.531. The Morgan fingerprint density at radius 1 is 1.70 bits per heavy atom. The van der Waals surface area contributed by atoms with E-state index in [2.05, 4.69) is 11.4 Å². The van der Waals surface area contributed by atoms with E-state index in [9.17, 15) is 0 Å².